The van der Waals surface area contributed by atoms with Crippen LogP contribution in [0.2, 0.25) is 0 Å². The molecule has 0 saturated carbocycles. The Morgan fingerprint density at radius 3 is 1.67 bits per heavy atom. The van der Waals surface area contributed by atoms with Crippen LogP contribution in [0.25, 0.3) is 21.5 Å². The zero-order chi connectivity index (χ0) is 22.8. The molecule has 0 radical (unpaired) electrons. The first-order chi connectivity index (χ1) is 16.1. The number of hydrogen-bond donors (Lipinski definition) is 0. The molecule has 0 amide bonds. The number of alkyl halides is 1. The number of ether oxygens (including phenoxy) is 1. The van der Waals surface area contributed by atoms with E-state index in [1.807, 2.05) is 84.9 Å². The van der Waals surface area contributed by atoms with Crippen LogP contribution in [0.15, 0.2) is 115 Å². The second kappa shape index (κ2) is 8.51. The van der Waals surface area contributed by atoms with Crippen LogP contribution in [0.4, 0.5) is 4.39 Å². The molecule has 5 rings (SSSR count). The largest absolute Gasteiger partial charge is 0.450 e. The van der Waals surface area contributed by atoms with E-state index in [-0.39, 0.29) is 5.56 Å². The predicted molar refractivity (Wildman–Crippen MR) is 131 cm³/mol. The van der Waals surface area contributed by atoms with Crippen molar-refractivity contribution in [2.45, 2.75) is 18.7 Å². The van der Waals surface area contributed by atoms with Crippen LogP contribution < -0.4 is 0 Å². The maximum atomic E-state index is 15.8. The number of carbonyl (C=O) groups is 1. The molecule has 3 heteroatoms. The lowest BCUT2D eigenvalue weighted by molar-refractivity contribution is -0.161. The van der Waals surface area contributed by atoms with Gasteiger partial charge in [-0.2, -0.15) is 0 Å². The number of benzene rings is 5. The SMILES string of the molecule is C[C@@](F)(C(=O)OC(c1cccc2ccccc12)c1cccc2ccccc12)c1ccccc1. The Hall–Kier alpha value is -3.98. The lowest BCUT2D eigenvalue weighted by Gasteiger charge is -2.26. The summed E-state index contributed by atoms with van der Waals surface area (Å²) in [7, 11) is 0. The molecule has 0 aliphatic heterocycles. The van der Waals surface area contributed by atoms with Gasteiger partial charge in [0.1, 0.15) is 0 Å². The number of carbonyl (C=O) groups excluding carboxylic acids is 1. The van der Waals surface area contributed by atoms with Gasteiger partial charge in [-0.05, 0) is 28.5 Å². The molecule has 0 bridgehead atoms. The summed E-state index contributed by atoms with van der Waals surface area (Å²) in [5, 5.41) is 3.99. The van der Waals surface area contributed by atoms with Crippen molar-refractivity contribution in [2.24, 2.45) is 0 Å². The van der Waals surface area contributed by atoms with Crippen LogP contribution in [0.1, 0.15) is 29.7 Å². The minimum Gasteiger partial charge on any atom is -0.450 e. The van der Waals surface area contributed by atoms with E-state index in [1.165, 1.54) is 6.92 Å². The third-order valence-electron chi connectivity index (χ3n) is 6.14. The van der Waals surface area contributed by atoms with Crippen molar-refractivity contribution in [3.05, 3.63) is 132 Å². The monoisotopic (exact) mass is 434 g/mol. The van der Waals surface area contributed by atoms with E-state index in [9.17, 15) is 4.79 Å². The highest BCUT2D eigenvalue weighted by Gasteiger charge is 2.39. The minimum absolute atomic E-state index is 0.268. The molecule has 0 heterocycles. The summed E-state index contributed by atoms with van der Waals surface area (Å²) in [5.41, 5.74) is -0.373. The van der Waals surface area contributed by atoms with Gasteiger partial charge < -0.3 is 4.74 Å². The van der Waals surface area contributed by atoms with Crippen LogP contribution in [-0.2, 0) is 15.2 Å². The molecule has 0 aliphatic rings. The lowest BCUT2D eigenvalue weighted by atomic mass is 9.92. The average Bonchev–Trinajstić information content (AvgIpc) is 2.87. The van der Waals surface area contributed by atoms with Gasteiger partial charge in [-0.1, -0.05) is 115 Å². The molecule has 0 aromatic heterocycles. The molecule has 162 valence electrons. The summed E-state index contributed by atoms with van der Waals surface area (Å²) in [6.45, 7) is 1.26. The average molecular weight is 435 g/mol. The lowest BCUT2D eigenvalue weighted by Crippen LogP contribution is -2.31. The zero-order valence-electron chi connectivity index (χ0n) is 18.2. The van der Waals surface area contributed by atoms with E-state index >= 15 is 4.39 Å². The summed E-state index contributed by atoms with van der Waals surface area (Å²) >= 11 is 0. The van der Waals surface area contributed by atoms with E-state index in [0.717, 1.165) is 32.7 Å². The van der Waals surface area contributed by atoms with Crippen LogP contribution in [0, 0.1) is 0 Å². The van der Waals surface area contributed by atoms with Gasteiger partial charge in [0.25, 0.3) is 0 Å². The normalized spacial score (nSPS) is 13.2. The Kier molecular flexibility index (Phi) is 5.39. The van der Waals surface area contributed by atoms with Gasteiger partial charge >= 0.3 is 5.97 Å². The standard InChI is InChI=1S/C30H23FO2/c1-30(31,23-15-3-2-4-16-23)29(32)33-28(26-19-9-13-21-11-5-7-17-24(21)26)27-20-10-14-22-12-6-8-18-25(22)27/h2-20,28H,1H3/t30-/m0/s1. The Morgan fingerprint density at radius 1 is 0.667 bits per heavy atom. The van der Waals surface area contributed by atoms with Crippen molar-refractivity contribution in [3.8, 4) is 0 Å². The van der Waals surface area contributed by atoms with E-state index in [0.29, 0.717) is 0 Å². The second-order valence-corrected chi connectivity index (χ2v) is 8.29. The van der Waals surface area contributed by atoms with Crippen molar-refractivity contribution >= 4 is 27.5 Å². The molecule has 2 nitrogen and oxygen atoms in total. The van der Waals surface area contributed by atoms with Crippen molar-refractivity contribution in [1.82, 2.24) is 0 Å². The molecule has 0 saturated heterocycles. The smallest absolute Gasteiger partial charge is 0.349 e. The summed E-state index contributed by atoms with van der Waals surface area (Å²) in [6.07, 6.45) is -0.770. The molecule has 33 heavy (non-hydrogen) atoms. The number of rotatable bonds is 5. The van der Waals surface area contributed by atoms with Gasteiger partial charge in [-0.3, -0.25) is 0 Å². The van der Waals surface area contributed by atoms with Crippen LogP contribution in [0.5, 0.6) is 0 Å². The number of esters is 1. The van der Waals surface area contributed by atoms with E-state index in [4.69, 9.17) is 4.74 Å². The maximum Gasteiger partial charge on any atom is 0.349 e. The fourth-order valence-corrected chi connectivity index (χ4v) is 4.34. The Labute approximate surface area is 192 Å². The molecule has 0 fully saturated rings. The molecular formula is C30H23FO2. The molecular weight excluding hydrogens is 411 g/mol. The summed E-state index contributed by atoms with van der Waals surface area (Å²) in [5.74, 6) is -0.917. The van der Waals surface area contributed by atoms with Crippen molar-refractivity contribution < 1.29 is 13.9 Å². The predicted octanol–water partition coefficient (Wildman–Crippen LogP) is 7.51. The Morgan fingerprint density at radius 2 is 1.12 bits per heavy atom. The summed E-state index contributed by atoms with van der Waals surface area (Å²) in [6, 6.07) is 36.1. The Bertz CT molecular complexity index is 1350. The van der Waals surface area contributed by atoms with Crippen LogP contribution >= 0.6 is 0 Å². The van der Waals surface area contributed by atoms with Crippen molar-refractivity contribution in [1.29, 1.82) is 0 Å². The summed E-state index contributed by atoms with van der Waals surface area (Å²) < 4.78 is 21.8. The zero-order valence-corrected chi connectivity index (χ0v) is 18.2. The fraction of sp³-hybridized carbons (Fsp3) is 0.100. The molecule has 5 aromatic carbocycles. The summed E-state index contributed by atoms with van der Waals surface area (Å²) in [4.78, 5) is 13.3. The third-order valence-corrected chi connectivity index (χ3v) is 6.14. The fourth-order valence-electron chi connectivity index (χ4n) is 4.34. The third kappa shape index (κ3) is 3.87. The highest BCUT2D eigenvalue weighted by Crippen LogP contribution is 2.38. The van der Waals surface area contributed by atoms with E-state index < -0.39 is 17.7 Å². The van der Waals surface area contributed by atoms with E-state index in [1.54, 1.807) is 30.3 Å². The maximum absolute atomic E-state index is 15.8. The van der Waals surface area contributed by atoms with Gasteiger partial charge in [0.15, 0.2) is 6.10 Å². The van der Waals surface area contributed by atoms with Crippen LogP contribution in [-0.4, -0.2) is 5.97 Å². The second-order valence-electron chi connectivity index (χ2n) is 8.29. The molecule has 1 atom stereocenters. The number of halogens is 1. The van der Waals surface area contributed by atoms with Gasteiger partial charge in [-0.15, -0.1) is 0 Å². The molecule has 0 aliphatic carbocycles. The van der Waals surface area contributed by atoms with Gasteiger partial charge in [0.05, 0.1) is 0 Å². The van der Waals surface area contributed by atoms with Gasteiger partial charge in [0.2, 0.25) is 5.67 Å². The topological polar surface area (TPSA) is 26.3 Å². The Balaban J connectivity index is 1.67. The molecule has 0 N–H and O–H groups in total. The molecule has 0 unspecified atom stereocenters. The first kappa shape index (κ1) is 20.9. The highest BCUT2D eigenvalue weighted by molar-refractivity contribution is 5.91. The first-order valence-electron chi connectivity index (χ1n) is 11.0. The molecule has 5 aromatic rings. The van der Waals surface area contributed by atoms with Crippen LogP contribution in [0.3, 0.4) is 0 Å². The number of hydrogen-bond acceptors (Lipinski definition) is 2. The number of fused-ring (bicyclic) bond motifs is 2. The van der Waals surface area contributed by atoms with Crippen molar-refractivity contribution in [3.63, 3.8) is 0 Å². The van der Waals surface area contributed by atoms with Gasteiger partial charge in [-0.25, -0.2) is 9.18 Å². The van der Waals surface area contributed by atoms with Gasteiger partial charge in [0, 0.05) is 16.7 Å². The minimum atomic E-state index is -2.28. The first-order valence-corrected chi connectivity index (χ1v) is 11.0. The van der Waals surface area contributed by atoms with Crippen molar-refractivity contribution in [2.75, 3.05) is 0 Å². The van der Waals surface area contributed by atoms with E-state index in [2.05, 4.69) is 0 Å². The highest BCUT2D eigenvalue weighted by atomic mass is 19.1. The quantitative estimate of drug-likeness (QED) is 0.268. The molecule has 0 spiro atoms.